The number of hydrogen-bond acceptors (Lipinski definition) is 7. The van der Waals surface area contributed by atoms with Crippen LogP contribution in [-0.2, 0) is 19.1 Å². The molecule has 0 radical (unpaired) electrons. The first-order valence-electron chi connectivity index (χ1n) is 11.5. The number of rotatable bonds is 5. The maximum Gasteiger partial charge on any atom is 0.333 e. The smallest absolute Gasteiger partial charge is 0.333 e. The molecule has 0 aromatic carbocycles. The van der Waals surface area contributed by atoms with Crippen molar-refractivity contribution in [3.05, 3.63) is 23.3 Å². The van der Waals surface area contributed by atoms with E-state index in [1.54, 1.807) is 39.8 Å². The molecule has 0 aliphatic heterocycles. The molecule has 2 rings (SSSR count). The van der Waals surface area contributed by atoms with Crippen molar-refractivity contribution in [3.63, 3.8) is 0 Å². The molecule has 7 heteroatoms. The van der Waals surface area contributed by atoms with Gasteiger partial charge in [-0.25, -0.2) is 9.59 Å². The molecular formula is C25H40O7. The summed E-state index contributed by atoms with van der Waals surface area (Å²) in [5, 5.41) is 34.2. The van der Waals surface area contributed by atoms with Crippen LogP contribution in [0.1, 0.15) is 74.7 Å². The van der Waals surface area contributed by atoms with Crippen LogP contribution in [0, 0.1) is 17.3 Å². The molecule has 0 amide bonds. The molecule has 32 heavy (non-hydrogen) atoms. The fourth-order valence-corrected chi connectivity index (χ4v) is 5.38. The van der Waals surface area contributed by atoms with Crippen molar-refractivity contribution in [1.29, 1.82) is 0 Å². The van der Waals surface area contributed by atoms with Gasteiger partial charge < -0.3 is 24.8 Å². The van der Waals surface area contributed by atoms with Crippen molar-refractivity contribution in [1.82, 2.24) is 0 Å². The maximum absolute atomic E-state index is 12.7. The SMILES string of the molecule is C/C=C(/C)C(=O)O[C@@H]1C[C@](C)(O)[C@H](O)[C@H](OC(=O)/C(C)=C\C)[C@]2(C)CC[C@](O)(C(C)C)[C@@H]12. The summed E-state index contributed by atoms with van der Waals surface area (Å²) in [4.78, 5) is 25.4. The predicted molar refractivity (Wildman–Crippen MR) is 120 cm³/mol. The Hall–Kier alpha value is -1.70. The number of ether oxygens (including phenoxy) is 2. The average Bonchev–Trinajstić information content (AvgIpc) is 2.98. The van der Waals surface area contributed by atoms with E-state index in [0.717, 1.165) is 0 Å². The van der Waals surface area contributed by atoms with Crippen LogP contribution < -0.4 is 0 Å². The zero-order valence-electron chi connectivity index (χ0n) is 20.6. The zero-order valence-corrected chi connectivity index (χ0v) is 20.6. The van der Waals surface area contributed by atoms with Crippen molar-refractivity contribution >= 4 is 11.9 Å². The molecular weight excluding hydrogens is 412 g/mol. The third-order valence-electron chi connectivity index (χ3n) is 7.88. The number of aliphatic hydroxyl groups is 3. The molecule has 182 valence electrons. The quantitative estimate of drug-likeness (QED) is 0.434. The molecule has 7 nitrogen and oxygen atoms in total. The van der Waals surface area contributed by atoms with E-state index in [9.17, 15) is 24.9 Å². The molecule has 7 atom stereocenters. The van der Waals surface area contributed by atoms with E-state index in [2.05, 4.69) is 0 Å². The second-order valence-corrected chi connectivity index (χ2v) is 10.3. The lowest BCUT2D eigenvalue weighted by Crippen LogP contribution is -2.55. The fraction of sp³-hybridized carbons (Fsp3) is 0.760. The van der Waals surface area contributed by atoms with Crippen LogP contribution in [0.25, 0.3) is 0 Å². The first kappa shape index (κ1) is 26.6. The molecule has 2 saturated carbocycles. The van der Waals surface area contributed by atoms with Gasteiger partial charge in [0.15, 0.2) is 0 Å². The van der Waals surface area contributed by atoms with Gasteiger partial charge in [0.05, 0.1) is 11.2 Å². The van der Waals surface area contributed by atoms with Crippen molar-refractivity contribution in [2.75, 3.05) is 0 Å². The minimum absolute atomic E-state index is 0.0944. The first-order chi connectivity index (χ1) is 14.7. The van der Waals surface area contributed by atoms with Gasteiger partial charge in [0.2, 0.25) is 0 Å². The standard InChI is InChI=1S/C25H40O7/c1-9-15(5)21(27)31-17-13-24(8,29)19(26)20(32-22(28)16(6)10-2)23(7)11-12-25(30,14(3)4)18(17)23/h9-10,14,17-20,26,29-30H,11-13H2,1-8H3/b15-9-,16-10-/t17-,18+,19-,20+,23-,24+,25+/m1/s1. The highest BCUT2D eigenvalue weighted by Gasteiger charge is 2.67. The van der Waals surface area contributed by atoms with Crippen LogP contribution in [0.2, 0.25) is 0 Å². The minimum Gasteiger partial charge on any atom is -0.458 e. The van der Waals surface area contributed by atoms with Gasteiger partial charge in [-0.05, 0) is 53.4 Å². The largest absolute Gasteiger partial charge is 0.458 e. The Kier molecular flexibility index (Phi) is 7.70. The molecule has 2 aliphatic rings. The Labute approximate surface area is 191 Å². The van der Waals surface area contributed by atoms with Crippen LogP contribution in [-0.4, -0.2) is 56.8 Å². The van der Waals surface area contributed by atoms with Crippen LogP contribution in [0.4, 0.5) is 0 Å². The minimum atomic E-state index is -1.71. The van der Waals surface area contributed by atoms with E-state index >= 15 is 0 Å². The Bertz CT molecular complexity index is 796. The number of hydrogen-bond donors (Lipinski definition) is 3. The summed E-state index contributed by atoms with van der Waals surface area (Å²) in [6, 6.07) is 0. The Morgan fingerprint density at radius 1 is 0.969 bits per heavy atom. The number of aliphatic hydroxyl groups excluding tert-OH is 1. The lowest BCUT2D eigenvalue weighted by Gasteiger charge is -2.45. The summed E-state index contributed by atoms with van der Waals surface area (Å²) in [5.74, 6) is -1.97. The van der Waals surface area contributed by atoms with E-state index in [-0.39, 0.29) is 12.3 Å². The Morgan fingerprint density at radius 2 is 1.47 bits per heavy atom. The number of allylic oxidation sites excluding steroid dienone is 2. The monoisotopic (exact) mass is 452 g/mol. The molecule has 0 aromatic rings. The van der Waals surface area contributed by atoms with Crippen LogP contribution >= 0.6 is 0 Å². The fourth-order valence-electron chi connectivity index (χ4n) is 5.38. The Morgan fingerprint density at radius 3 is 1.94 bits per heavy atom. The van der Waals surface area contributed by atoms with E-state index < -0.39 is 52.8 Å². The van der Waals surface area contributed by atoms with E-state index in [1.807, 2.05) is 20.8 Å². The molecule has 3 N–H and O–H groups in total. The highest BCUT2D eigenvalue weighted by molar-refractivity contribution is 5.88. The van der Waals surface area contributed by atoms with Gasteiger partial charge in [-0.15, -0.1) is 0 Å². The molecule has 0 spiro atoms. The van der Waals surface area contributed by atoms with Gasteiger partial charge >= 0.3 is 11.9 Å². The first-order valence-corrected chi connectivity index (χ1v) is 11.5. The summed E-state index contributed by atoms with van der Waals surface area (Å²) in [6.45, 7) is 13.8. The summed E-state index contributed by atoms with van der Waals surface area (Å²) < 4.78 is 11.7. The number of carbonyl (C=O) groups excluding carboxylic acids is 2. The summed E-state index contributed by atoms with van der Waals surface area (Å²) in [7, 11) is 0. The van der Waals surface area contributed by atoms with E-state index in [1.165, 1.54) is 6.92 Å². The summed E-state index contributed by atoms with van der Waals surface area (Å²) in [5.41, 5.74) is -3.09. The Balaban J connectivity index is 2.65. The normalized spacial score (nSPS) is 40.6. The second kappa shape index (κ2) is 9.27. The molecule has 0 heterocycles. The van der Waals surface area contributed by atoms with Crippen LogP contribution in [0.15, 0.2) is 23.3 Å². The van der Waals surface area contributed by atoms with E-state index in [4.69, 9.17) is 9.47 Å². The molecule has 0 saturated heterocycles. The van der Waals surface area contributed by atoms with Crippen molar-refractivity contribution in [3.8, 4) is 0 Å². The topological polar surface area (TPSA) is 113 Å². The second-order valence-electron chi connectivity index (χ2n) is 10.3. The number of esters is 2. The summed E-state index contributed by atoms with van der Waals surface area (Å²) in [6.07, 6.45) is 0.591. The molecule has 0 aromatic heterocycles. The lowest BCUT2D eigenvalue weighted by molar-refractivity contribution is -0.187. The average molecular weight is 453 g/mol. The molecule has 0 unspecified atom stereocenters. The molecule has 2 fully saturated rings. The van der Waals surface area contributed by atoms with Gasteiger partial charge in [0.25, 0.3) is 0 Å². The van der Waals surface area contributed by atoms with Crippen molar-refractivity contribution < 1.29 is 34.4 Å². The molecule has 2 aliphatic carbocycles. The van der Waals surface area contributed by atoms with Gasteiger partial charge in [-0.1, -0.05) is 32.9 Å². The van der Waals surface area contributed by atoms with Gasteiger partial charge in [-0.3, -0.25) is 0 Å². The van der Waals surface area contributed by atoms with Gasteiger partial charge in [-0.2, -0.15) is 0 Å². The lowest BCUT2D eigenvalue weighted by atomic mass is 9.66. The van der Waals surface area contributed by atoms with Crippen molar-refractivity contribution in [2.45, 2.75) is 104 Å². The number of fused-ring (bicyclic) bond motifs is 1. The maximum atomic E-state index is 12.7. The zero-order chi connectivity index (χ0) is 24.6. The highest BCUT2D eigenvalue weighted by atomic mass is 16.6. The van der Waals surface area contributed by atoms with E-state index in [0.29, 0.717) is 24.0 Å². The number of carbonyl (C=O) groups is 2. The summed E-state index contributed by atoms with van der Waals surface area (Å²) >= 11 is 0. The van der Waals surface area contributed by atoms with Crippen LogP contribution in [0.5, 0.6) is 0 Å². The van der Waals surface area contributed by atoms with Gasteiger partial charge in [0, 0.05) is 28.9 Å². The predicted octanol–water partition coefficient (Wildman–Crippen LogP) is 3.06. The van der Waals surface area contributed by atoms with Crippen molar-refractivity contribution in [2.24, 2.45) is 17.3 Å². The molecule has 0 bridgehead atoms. The van der Waals surface area contributed by atoms with Gasteiger partial charge in [0.1, 0.15) is 18.3 Å². The highest BCUT2D eigenvalue weighted by Crippen LogP contribution is 2.60. The third-order valence-corrected chi connectivity index (χ3v) is 7.88. The van der Waals surface area contributed by atoms with Crippen LogP contribution in [0.3, 0.4) is 0 Å². The third kappa shape index (κ3) is 4.52.